The fraction of sp³-hybridized carbons (Fsp3) is 0.579. The van der Waals surface area contributed by atoms with Crippen LogP contribution in [0.3, 0.4) is 0 Å². The fourth-order valence-electron chi connectivity index (χ4n) is 5.66. The van der Waals surface area contributed by atoms with Crippen molar-refractivity contribution in [1.29, 1.82) is 0 Å². The third-order valence-electron chi connectivity index (χ3n) is 6.15. The Morgan fingerprint density at radius 1 is 1.17 bits per heavy atom. The van der Waals surface area contributed by atoms with Crippen LogP contribution in [0.15, 0.2) is 22.6 Å². The molecule has 0 amide bonds. The van der Waals surface area contributed by atoms with Gasteiger partial charge in [0.05, 0.1) is 5.41 Å². The first-order chi connectivity index (χ1) is 11.1. The van der Waals surface area contributed by atoms with Gasteiger partial charge in [0.2, 0.25) is 0 Å². The van der Waals surface area contributed by atoms with E-state index in [1.165, 1.54) is 19.3 Å². The van der Waals surface area contributed by atoms with Crippen LogP contribution in [0.2, 0.25) is 0 Å². The predicted octanol–water partition coefficient (Wildman–Crippen LogP) is 4.26. The zero-order valence-corrected chi connectivity index (χ0v) is 13.4. The lowest BCUT2D eigenvalue weighted by atomic mass is 9.49. The van der Waals surface area contributed by atoms with Crippen LogP contribution < -0.4 is 4.74 Å². The van der Waals surface area contributed by atoms with Crippen LogP contribution in [0.1, 0.15) is 44.4 Å². The molecular formula is C19H21NO3. The fourth-order valence-corrected chi connectivity index (χ4v) is 5.66. The van der Waals surface area contributed by atoms with Gasteiger partial charge in [-0.05, 0) is 68.4 Å². The molecule has 4 aliphatic carbocycles. The van der Waals surface area contributed by atoms with Crippen molar-refractivity contribution >= 4 is 17.1 Å². The van der Waals surface area contributed by atoms with Crippen LogP contribution in [0.25, 0.3) is 11.1 Å². The molecule has 4 saturated carbocycles. The molecule has 0 aliphatic heterocycles. The summed E-state index contributed by atoms with van der Waals surface area (Å²) in [7, 11) is 0. The smallest absolute Gasteiger partial charge is 0.317 e. The number of aryl methyl sites for hydroxylation is 1. The minimum Gasteiger partial charge on any atom is -0.441 e. The summed E-state index contributed by atoms with van der Waals surface area (Å²) in [5.41, 5.74) is 1.26. The number of benzene rings is 1. The topological polar surface area (TPSA) is 52.3 Å². The predicted molar refractivity (Wildman–Crippen MR) is 85.0 cm³/mol. The van der Waals surface area contributed by atoms with Gasteiger partial charge >= 0.3 is 5.97 Å². The summed E-state index contributed by atoms with van der Waals surface area (Å²) in [5, 5.41) is 0. The lowest BCUT2D eigenvalue weighted by molar-refractivity contribution is -0.161. The number of fused-ring (bicyclic) bond motifs is 1. The summed E-state index contributed by atoms with van der Waals surface area (Å²) in [4.78, 5) is 17.3. The Hall–Kier alpha value is -1.84. The van der Waals surface area contributed by atoms with Crippen LogP contribution in [0.4, 0.5) is 0 Å². The molecule has 0 atom stereocenters. The standard InChI is InChI=1S/C19H21NO3/c1-11-20-16-7-15(2-3-17(16)22-11)23-18(21)19-8-12-4-13(9-19)6-14(5-12)10-19/h2-3,7,12-14H,4-6,8-10H2,1H3. The maximum atomic E-state index is 12.9. The number of rotatable bonds is 2. The third-order valence-corrected chi connectivity index (χ3v) is 6.15. The Balaban J connectivity index is 1.41. The van der Waals surface area contributed by atoms with E-state index in [1.54, 1.807) is 0 Å². The summed E-state index contributed by atoms with van der Waals surface area (Å²) in [6, 6.07) is 5.45. The molecule has 4 bridgehead atoms. The van der Waals surface area contributed by atoms with Gasteiger partial charge in [-0.25, -0.2) is 4.98 Å². The molecule has 0 unspecified atom stereocenters. The number of hydrogen-bond acceptors (Lipinski definition) is 4. The highest BCUT2D eigenvalue weighted by molar-refractivity contribution is 5.81. The summed E-state index contributed by atoms with van der Waals surface area (Å²) < 4.78 is 11.3. The maximum Gasteiger partial charge on any atom is 0.317 e. The minimum atomic E-state index is -0.219. The van der Waals surface area contributed by atoms with Gasteiger partial charge in [0.25, 0.3) is 0 Å². The number of carbonyl (C=O) groups is 1. The van der Waals surface area contributed by atoms with E-state index in [9.17, 15) is 4.79 Å². The molecule has 1 aromatic heterocycles. The van der Waals surface area contributed by atoms with E-state index in [-0.39, 0.29) is 11.4 Å². The Morgan fingerprint density at radius 3 is 2.48 bits per heavy atom. The Morgan fingerprint density at radius 2 is 1.83 bits per heavy atom. The van der Waals surface area contributed by atoms with E-state index in [2.05, 4.69) is 4.98 Å². The molecule has 0 spiro atoms. The molecule has 4 fully saturated rings. The van der Waals surface area contributed by atoms with Crippen molar-refractivity contribution in [3.05, 3.63) is 24.1 Å². The normalized spacial score (nSPS) is 34.9. The number of ether oxygens (including phenoxy) is 1. The van der Waals surface area contributed by atoms with Crippen LogP contribution >= 0.6 is 0 Å². The quantitative estimate of drug-likeness (QED) is 0.614. The zero-order valence-electron chi connectivity index (χ0n) is 13.4. The summed E-state index contributed by atoms with van der Waals surface area (Å²) >= 11 is 0. The first-order valence-electron chi connectivity index (χ1n) is 8.69. The van der Waals surface area contributed by atoms with Gasteiger partial charge < -0.3 is 9.15 Å². The average molecular weight is 311 g/mol. The SMILES string of the molecule is Cc1nc2cc(OC(=O)C34CC5CC(CC(C5)C3)C4)ccc2o1. The second kappa shape index (κ2) is 4.59. The highest BCUT2D eigenvalue weighted by Gasteiger charge is 2.55. The van der Waals surface area contributed by atoms with Gasteiger partial charge in [-0.2, -0.15) is 0 Å². The molecule has 6 rings (SSSR count). The van der Waals surface area contributed by atoms with Crippen molar-refractivity contribution < 1.29 is 13.9 Å². The van der Waals surface area contributed by atoms with Crippen LogP contribution in [0, 0.1) is 30.1 Å². The third kappa shape index (κ3) is 2.11. The summed E-state index contributed by atoms with van der Waals surface area (Å²) in [6.45, 7) is 1.82. The number of aromatic nitrogens is 1. The van der Waals surface area contributed by atoms with Crippen molar-refractivity contribution in [3.63, 3.8) is 0 Å². The second-order valence-corrected chi connectivity index (χ2v) is 7.95. The van der Waals surface area contributed by atoms with E-state index in [0.717, 1.165) is 48.1 Å². The molecule has 0 N–H and O–H groups in total. The summed E-state index contributed by atoms with van der Waals surface area (Å²) in [5.74, 6) is 3.44. The highest BCUT2D eigenvalue weighted by atomic mass is 16.5. The van der Waals surface area contributed by atoms with Crippen molar-refractivity contribution in [3.8, 4) is 5.75 Å². The van der Waals surface area contributed by atoms with Gasteiger partial charge in [0.15, 0.2) is 11.5 Å². The molecule has 4 nitrogen and oxygen atoms in total. The van der Waals surface area contributed by atoms with Crippen LogP contribution in [-0.4, -0.2) is 11.0 Å². The van der Waals surface area contributed by atoms with Crippen LogP contribution in [-0.2, 0) is 4.79 Å². The molecule has 1 heterocycles. The van der Waals surface area contributed by atoms with Gasteiger partial charge in [-0.15, -0.1) is 0 Å². The molecule has 1 aromatic carbocycles. The monoisotopic (exact) mass is 311 g/mol. The lowest BCUT2D eigenvalue weighted by Gasteiger charge is -2.55. The van der Waals surface area contributed by atoms with Crippen molar-refractivity contribution in [2.75, 3.05) is 0 Å². The molecule has 23 heavy (non-hydrogen) atoms. The van der Waals surface area contributed by atoms with Crippen molar-refractivity contribution in [2.24, 2.45) is 23.2 Å². The number of nitrogens with zero attached hydrogens (tertiary/aromatic N) is 1. The van der Waals surface area contributed by atoms with Crippen molar-refractivity contribution in [1.82, 2.24) is 4.98 Å². The average Bonchev–Trinajstić information content (AvgIpc) is 2.85. The molecule has 4 heteroatoms. The van der Waals surface area contributed by atoms with Gasteiger partial charge in [0.1, 0.15) is 11.3 Å². The molecule has 2 aromatic rings. The molecule has 0 saturated heterocycles. The Labute approximate surface area is 135 Å². The number of carbonyl (C=O) groups excluding carboxylic acids is 1. The number of esters is 1. The Kier molecular flexibility index (Phi) is 2.71. The van der Waals surface area contributed by atoms with Gasteiger partial charge in [-0.1, -0.05) is 0 Å². The lowest BCUT2D eigenvalue weighted by Crippen LogP contribution is -2.51. The number of hydrogen-bond donors (Lipinski definition) is 0. The molecule has 4 aliphatic rings. The summed E-state index contributed by atoms with van der Waals surface area (Å²) in [6.07, 6.45) is 7.08. The van der Waals surface area contributed by atoms with Crippen molar-refractivity contribution in [2.45, 2.75) is 45.4 Å². The molecular weight excluding hydrogens is 290 g/mol. The van der Waals surface area contributed by atoms with E-state index >= 15 is 0 Å². The van der Waals surface area contributed by atoms with E-state index in [4.69, 9.17) is 9.15 Å². The van der Waals surface area contributed by atoms with E-state index < -0.39 is 0 Å². The first kappa shape index (κ1) is 13.6. The zero-order chi connectivity index (χ0) is 15.6. The first-order valence-corrected chi connectivity index (χ1v) is 8.69. The molecule has 0 radical (unpaired) electrons. The van der Waals surface area contributed by atoms with Gasteiger partial charge in [0, 0.05) is 13.0 Å². The van der Waals surface area contributed by atoms with E-state index in [1.807, 2.05) is 25.1 Å². The van der Waals surface area contributed by atoms with Gasteiger partial charge in [-0.3, -0.25) is 4.79 Å². The Bertz CT molecular complexity index is 756. The second-order valence-electron chi connectivity index (χ2n) is 7.95. The van der Waals surface area contributed by atoms with E-state index in [0.29, 0.717) is 11.6 Å². The minimum absolute atomic E-state index is 0.0174. The molecule has 120 valence electrons. The largest absolute Gasteiger partial charge is 0.441 e. The number of oxazole rings is 1. The maximum absolute atomic E-state index is 12.9. The van der Waals surface area contributed by atoms with Crippen LogP contribution in [0.5, 0.6) is 5.75 Å². The highest BCUT2D eigenvalue weighted by Crippen LogP contribution is 2.60.